The van der Waals surface area contributed by atoms with Crippen LogP contribution in [0.15, 0.2) is 42.7 Å². The van der Waals surface area contributed by atoms with Gasteiger partial charge in [-0.05, 0) is 24.6 Å². The van der Waals surface area contributed by atoms with Crippen molar-refractivity contribution in [3.8, 4) is 5.75 Å². The molecule has 2 atom stereocenters. The molecule has 0 aliphatic carbocycles. The minimum absolute atomic E-state index is 0.150. The largest absolute Gasteiger partial charge is 0.481 e. The lowest BCUT2D eigenvalue weighted by atomic mass is 10.0. The molecule has 2 aromatic rings. The fourth-order valence-electron chi connectivity index (χ4n) is 1.87. The Labute approximate surface area is 116 Å². The molecule has 0 amide bonds. The summed E-state index contributed by atoms with van der Waals surface area (Å²) in [5, 5.41) is 0. The van der Waals surface area contributed by atoms with Crippen LogP contribution in [0.2, 0.25) is 0 Å². The van der Waals surface area contributed by atoms with E-state index in [9.17, 15) is 8.78 Å². The Morgan fingerprint density at radius 1 is 1.30 bits per heavy atom. The number of aromatic nitrogens is 1. The molecule has 3 nitrogen and oxygen atoms in total. The summed E-state index contributed by atoms with van der Waals surface area (Å²) >= 11 is 0. The number of rotatable bonds is 5. The summed E-state index contributed by atoms with van der Waals surface area (Å²) in [7, 11) is 0. The molecule has 2 N–H and O–H groups in total. The molecule has 2 rings (SSSR count). The number of halogens is 2. The number of nitrogens with two attached hydrogens (primary N) is 1. The molecule has 1 aromatic carbocycles. The molecule has 0 spiro atoms. The number of hydrogen-bond acceptors (Lipinski definition) is 3. The molecule has 0 aliphatic heterocycles. The molecule has 0 bridgehead atoms. The van der Waals surface area contributed by atoms with Crippen LogP contribution in [0.25, 0.3) is 0 Å². The third kappa shape index (κ3) is 3.30. The molecular weight excluding hydrogens is 262 g/mol. The van der Waals surface area contributed by atoms with Crippen LogP contribution in [-0.2, 0) is 0 Å². The van der Waals surface area contributed by atoms with E-state index >= 15 is 0 Å². The first kappa shape index (κ1) is 14.4. The van der Waals surface area contributed by atoms with E-state index in [2.05, 4.69) is 4.98 Å². The van der Waals surface area contributed by atoms with Crippen LogP contribution in [0.4, 0.5) is 8.78 Å². The highest BCUT2D eigenvalue weighted by atomic mass is 19.1. The molecule has 0 saturated carbocycles. The second-order valence-electron chi connectivity index (χ2n) is 4.47. The van der Waals surface area contributed by atoms with E-state index in [4.69, 9.17) is 10.5 Å². The monoisotopic (exact) mass is 278 g/mol. The third-order valence-corrected chi connectivity index (χ3v) is 3.02. The molecular formula is C15H16F2N2O. The summed E-state index contributed by atoms with van der Waals surface area (Å²) in [5.41, 5.74) is 6.74. The van der Waals surface area contributed by atoms with Crippen molar-refractivity contribution in [2.75, 3.05) is 0 Å². The van der Waals surface area contributed by atoms with Gasteiger partial charge >= 0.3 is 0 Å². The standard InChI is InChI=1S/C15H16F2N2O/c1-2-13(18)15(10-4-3-7-19-9-10)20-14-8-11(16)5-6-12(14)17/h3-9,13,15H,2,18H2,1H3. The number of benzene rings is 1. The van der Waals surface area contributed by atoms with E-state index < -0.39 is 17.7 Å². The molecule has 2 unspecified atom stereocenters. The molecule has 1 aromatic heterocycles. The Hall–Kier alpha value is -2.01. The summed E-state index contributed by atoms with van der Waals surface area (Å²) in [4.78, 5) is 4.00. The van der Waals surface area contributed by atoms with Gasteiger partial charge in [-0.15, -0.1) is 0 Å². The van der Waals surface area contributed by atoms with Crippen LogP contribution in [0, 0.1) is 11.6 Å². The van der Waals surface area contributed by atoms with Crippen LogP contribution in [0.3, 0.4) is 0 Å². The average molecular weight is 278 g/mol. The number of hydrogen-bond donors (Lipinski definition) is 1. The Bertz CT molecular complexity index is 563. The highest BCUT2D eigenvalue weighted by Gasteiger charge is 2.22. The highest BCUT2D eigenvalue weighted by Crippen LogP contribution is 2.27. The smallest absolute Gasteiger partial charge is 0.165 e. The van der Waals surface area contributed by atoms with Gasteiger partial charge in [-0.2, -0.15) is 0 Å². The lowest BCUT2D eigenvalue weighted by Crippen LogP contribution is -2.31. The molecule has 106 valence electrons. The minimum Gasteiger partial charge on any atom is -0.481 e. The number of ether oxygens (including phenoxy) is 1. The van der Waals surface area contributed by atoms with Crippen LogP contribution < -0.4 is 10.5 Å². The average Bonchev–Trinajstić information content (AvgIpc) is 2.48. The third-order valence-electron chi connectivity index (χ3n) is 3.02. The minimum atomic E-state index is -0.622. The zero-order chi connectivity index (χ0) is 14.5. The Morgan fingerprint density at radius 2 is 2.10 bits per heavy atom. The van der Waals surface area contributed by atoms with Crippen molar-refractivity contribution >= 4 is 0 Å². The van der Waals surface area contributed by atoms with E-state index in [-0.39, 0.29) is 11.8 Å². The molecule has 0 radical (unpaired) electrons. The van der Waals surface area contributed by atoms with E-state index in [0.717, 1.165) is 23.8 Å². The fraction of sp³-hybridized carbons (Fsp3) is 0.267. The quantitative estimate of drug-likeness (QED) is 0.913. The van der Waals surface area contributed by atoms with Crippen molar-refractivity contribution in [2.24, 2.45) is 5.73 Å². The first-order valence-electron chi connectivity index (χ1n) is 6.39. The van der Waals surface area contributed by atoms with E-state index in [1.165, 1.54) is 0 Å². The van der Waals surface area contributed by atoms with Crippen molar-refractivity contribution in [2.45, 2.75) is 25.5 Å². The van der Waals surface area contributed by atoms with Gasteiger partial charge in [-0.25, -0.2) is 8.78 Å². The Kier molecular flexibility index (Phi) is 4.63. The maximum Gasteiger partial charge on any atom is 0.165 e. The topological polar surface area (TPSA) is 48.1 Å². The van der Waals surface area contributed by atoms with Crippen molar-refractivity contribution < 1.29 is 13.5 Å². The predicted molar refractivity (Wildman–Crippen MR) is 72.2 cm³/mol. The first-order chi connectivity index (χ1) is 9.61. The molecule has 0 saturated heterocycles. The van der Waals surface area contributed by atoms with Crippen molar-refractivity contribution in [3.63, 3.8) is 0 Å². The molecule has 1 heterocycles. The van der Waals surface area contributed by atoms with Gasteiger partial charge in [0.05, 0.1) is 0 Å². The highest BCUT2D eigenvalue weighted by molar-refractivity contribution is 5.27. The lowest BCUT2D eigenvalue weighted by Gasteiger charge is -2.24. The Balaban J connectivity index is 2.31. The molecule has 5 heteroatoms. The van der Waals surface area contributed by atoms with E-state index in [0.29, 0.717) is 6.42 Å². The molecule has 0 fully saturated rings. The number of pyridine rings is 1. The summed E-state index contributed by atoms with van der Waals surface area (Å²) < 4.78 is 32.4. The van der Waals surface area contributed by atoms with Gasteiger partial charge < -0.3 is 10.5 Å². The van der Waals surface area contributed by atoms with Gasteiger partial charge in [0.25, 0.3) is 0 Å². The first-order valence-corrected chi connectivity index (χ1v) is 6.39. The van der Waals surface area contributed by atoms with Crippen LogP contribution in [0.5, 0.6) is 5.75 Å². The van der Waals surface area contributed by atoms with Gasteiger partial charge in [0, 0.05) is 30.1 Å². The van der Waals surface area contributed by atoms with Gasteiger partial charge in [-0.1, -0.05) is 13.0 Å². The molecule has 20 heavy (non-hydrogen) atoms. The van der Waals surface area contributed by atoms with Crippen LogP contribution >= 0.6 is 0 Å². The van der Waals surface area contributed by atoms with Gasteiger partial charge in [0.2, 0.25) is 0 Å². The van der Waals surface area contributed by atoms with E-state index in [1.54, 1.807) is 24.5 Å². The second-order valence-corrected chi connectivity index (χ2v) is 4.47. The van der Waals surface area contributed by atoms with Gasteiger partial charge in [0.15, 0.2) is 11.6 Å². The zero-order valence-electron chi connectivity index (χ0n) is 11.1. The maximum atomic E-state index is 13.7. The maximum absolute atomic E-state index is 13.7. The normalized spacial score (nSPS) is 13.8. The van der Waals surface area contributed by atoms with Crippen molar-refractivity contribution in [3.05, 3.63) is 59.9 Å². The van der Waals surface area contributed by atoms with Gasteiger partial charge in [-0.3, -0.25) is 4.98 Å². The zero-order valence-corrected chi connectivity index (χ0v) is 11.1. The second kappa shape index (κ2) is 6.43. The van der Waals surface area contributed by atoms with Crippen LogP contribution in [-0.4, -0.2) is 11.0 Å². The van der Waals surface area contributed by atoms with Crippen LogP contribution in [0.1, 0.15) is 25.0 Å². The van der Waals surface area contributed by atoms with Crippen molar-refractivity contribution in [1.82, 2.24) is 4.98 Å². The SMILES string of the molecule is CCC(N)C(Oc1cc(F)ccc1F)c1cccnc1. The van der Waals surface area contributed by atoms with Crippen molar-refractivity contribution in [1.29, 1.82) is 0 Å². The predicted octanol–water partition coefficient (Wildman–Crippen LogP) is 3.22. The number of nitrogens with zero attached hydrogens (tertiary/aromatic N) is 1. The fourth-order valence-corrected chi connectivity index (χ4v) is 1.87. The van der Waals surface area contributed by atoms with E-state index in [1.807, 2.05) is 6.92 Å². The lowest BCUT2D eigenvalue weighted by molar-refractivity contribution is 0.162. The summed E-state index contributed by atoms with van der Waals surface area (Å²) in [5.74, 6) is -1.33. The Morgan fingerprint density at radius 3 is 2.75 bits per heavy atom. The molecule has 0 aliphatic rings. The van der Waals surface area contributed by atoms with Gasteiger partial charge in [0.1, 0.15) is 11.9 Å². The summed E-state index contributed by atoms with van der Waals surface area (Å²) in [6, 6.07) is 6.28. The summed E-state index contributed by atoms with van der Waals surface area (Å²) in [6.45, 7) is 1.90. The summed E-state index contributed by atoms with van der Waals surface area (Å²) in [6.07, 6.45) is 3.29.